The highest BCUT2D eigenvalue weighted by molar-refractivity contribution is 7.89. The summed E-state index contributed by atoms with van der Waals surface area (Å²) in [7, 11) is -0.897. The molecule has 1 aromatic carbocycles. The molecule has 0 fully saturated rings. The number of anilines is 1. The Morgan fingerprint density at radius 1 is 1.43 bits per heavy atom. The molecule has 1 heterocycles. The summed E-state index contributed by atoms with van der Waals surface area (Å²) in [5, 5.41) is 17.2. The molecule has 2 rings (SSSR count). The van der Waals surface area contributed by atoms with E-state index in [4.69, 9.17) is 0 Å². The second-order valence-corrected chi connectivity index (χ2v) is 6.38. The summed E-state index contributed by atoms with van der Waals surface area (Å²) < 4.78 is 40.0. The van der Waals surface area contributed by atoms with Crippen LogP contribution in [0.1, 0.15) is 5.82 Å². The van der Waals surface area contributed by atoms with E-state index in [1.807, 2.05) is 0 Å². The summed E-state index contributed by atoms with van der Waals surface area (Å²) in [5.41, 5.74) is -1.11. The lowest BCUT2D eigenvalue weighted by Crippen LogP contribution is -2.25. The molecule has 0 saturated carbocycles. The van der Waals surface area contributed by atoms with E-state index in [1.165, 1.54) is 0 Å². The molecule has 0 saturated heterocycles. The lowest BCUT2D eigenvalue weighted by atomic mass is 10.3. The second kappa shape index (κ2) is 6.26. The summed E-state index contributed by atoms with van der Waals surface area (Å²) in [5.74, 6) is -0.681. The Bertz CT molecular complexity index is 835. The molecule has 0 aliphatic rings. The van der Waals surface area contributed by atoms with Gasteiger partial charge in [0.05, 0.1) is 11.5 Å². The molecule has 0 atom stereocenters. The maximum atomic E-state index is 13.5. The molecule has 0 aliphatic heterocycles. The Labute approximate surface area is 130 Å². The largest absolute Gasteiger partial charge is 0.346 e. The maximum Gasteiger partial charge on any atom is 0.324 e. The molecule has 12 heteroatoms. The number of nitro benzene ring substituents is 1. The Morgan fingerprint density at radius 3 is 2.70 bits per heavy atom. The van der Waals surface area contributed by atoms with Gasteiger partial charge in [0.1, 0.15) is 5.82 Å². The molecule has 0 aliphatic carbocycles. The van der Waals surface area contributed by atoms with Crippen molar-refractivity contribution in [3.63, 3.8) is 0 Å². The first-order valence-electron chi connectivity index (χ1n) is 6.23. The smallest absolute Gasteiger partial charge is 0.324 e. The molecule has 0 bridgehead atoms. The summed E-state index contributed by atoms with van der Waals surface area (Å²) in [4.78, 5) is 14.7. The van der Waals surface area contributed by atoms with Crippen molar-refractivity contribution < 1.29 is 17.7 Å². The van der Waals surface area contributed by atoms with Crippen LogP contribution in [0.15, 0.2) is 23.1 Å². The average Bonchev–Trinajstić information content (AvgIpc) is 2.93. The molecule has 2 aromatic rings. The van der Waals surface area contributed by atoms with E-state index in [1.54, 1.807) is 19.0 Å². The van der Waals surface area contributed by atoms with E-state index >= 15 is 0 Å². The van der Waals surface area contributed by atoms with Crippen LogP contribution in [-0.2, 0) is 16.6 Å². The van der Waals surface area contributed by atoms with E-state index in [-0.39, 0.29) is 12.4 Å². The normalized spacial score (nSPS) is 11.4. The number of aromatic nitrogens is 3. The minimum atomic E-state index is -4.30. The fraction of sp³-hybridized carbons (Fsp3) is 0.273. The molecule has 1 aromatic heterocycles. The number of hydrogen-bond acceptors (Lipinski definition) is 7. The van der Waals surface area contributed by atoms with Crippen LogP contribution >= 0.6 is 0 Å². The van der Waals surface area contributed by atoms with Crippen molar-refractivity contribution in [1.29, 1.82) is 0 Å². The quantitative estimate of drug-likeness (QED) is 0.572. The number of aromatic amines is 1. The second-order valence-electron chi connectivity index (χ2n) is 4.64. The molecule has 10 nitrogen and oxygen atoms in total. The fourth-order valence-electron chi connectivity index (χ4n) is 1.69. The number of nitro groups is 1. The van der Waals surface area contributed by atoms with Crippen molar-refractivity contribution in [1.82, 2.24) is 19.9 Å². The van der Waals surface area contributed by atoms with Gasteiger partial charge in [-0.25, -0.2) is 13.1 Å². The molecule has 23 heavy (non-hydrogen) atoms. The lowest BCUT2D eigenvalue weighted by molar-refractivity contribution is -0.390. The number of sulfonamides is 1. The lowest BCUT2D eigenvalue weighted by Gasteiger charge is -2.06. The van der Waals surface area contributed by atoms with Crippen molar-refractivity contribution in [2.24, 2.45) is 0 Å². The van der Waals surface area contributed by atoms with Gasteiger partial charge < -0.3 is 4.90 Å². The van der Waals surface area contributed by atoms with E-state index in [0.29, 0.717) is 5.95 Å². The predicted octanol–water partition coefficient (Wildman–Crippen LogP) is 0.396. The molecular weight excluding hydrogens is 331 g/mol. The van der Waals surface area contributed by atoms with Crippen molar-refractivity contribution >= 4 is 21.7 Å². The van der Waals surface area contributed by atoms with Crippen LogP contribution in [0.5, 0.6) is 0 Å². The van der Waals surface area contributed by atoms with Gasteiger partial charge in [-0.1, -0.05) is 6.07 Å². The van der Waals surface area contributed by atoms with Crippen molar-refractivity contribution in [3.8, 4) is 0 Å². The van der Waals surface area contributed by atoms with Crippen molar-refractivity contribution in [2.75, 3.05) is 19.0 Å². The average molecular weight is 344 g/mol. The number of nitrogens with zero attached hydrogens (tertiary/aromatic N) is 4. The number of benzene rings is 1. The van der Waals surface area contributed by atoms with Gasteiger partial charge in [0.15, 0.2) is 4.90 Å². The molecular formula is C11H13FN6O4S. The SMILES string of the molecule is CN(C)c1n[nH]c(CNS(=O)(=O)c2cccc(F)c2[N+](=O)[O-])n1. The van der Waals surface area contributed by atoms with Crippen LogP contribution < -0.4 is 9.62 Å². The van der Waals surface area contributed by atoms with Crippen LogP contribution in [0.4, 0.5) is 16.0 Å². The molecule has 0 spiro atoms. The standard InChI is InChI=1S/C11H13FN6O4S/c1-17(2)11-14-9(15-16-11)6-13-23(21,22)8-5-3-4-7(12)10(8)18(19)20/h3-5,13H,6H2,1-2H3,(H,14,15,16). The summed E-state index contributed by atoms with van der Waals surface area (Å²) in [6.07, 6.45) is 0. The first-order valence-corrected chi connectivity index (χ1v) is 7.72. The number of para-hydroxylation sites is 1. The number of halogens is 1. The molecule has 0 unspecified atom stereocenters. The molecule has 0 amide bonds. The highest BCUT2D eigenvalue weighted by Gasteiger charge is 2.29. The predicted molar refractivity (Wildman–Crippen MR) is 77.8 cm³/mol. The van der Waals surface area contributed by atoms with Gasteiger partial charge in [0.25, 0.3) is 0 Å². The third-order valence-corrected chi connectivity index (χ3v) is 4.20. The maximum absolute atomic E-state index is 13.5. The van der Waals surface area contributed by atoms with Gasteiger partial charge in [0, 0.05) is 14.1 Å². The fourth-order valence-corrected chi connectivity index (χ4v) is 2.86. The third-order valence-electron chi connectivity index (χ3n) is 2.77. The zero-order valence-electron chi connectivity index (χ0n) is 12.1. The first kappa shape index (κ1) is 16.8. The van der Waals surface area contributed by atoms with E-state index in [2.05, 4.69) is 19.9 Å². The van der Waals surface area contributed by atoms with Crippen LogP contribution in [0.2, 0.25) is 0 Å². The summed E-state index contributed by atoms with van der Waals surface area (Å²) in [6.45, 7) is -0.281. The zero-order valence-corrected chi connectivity index (χ0v) is 13.0. The van der Waals surface area contributed by atoms with Gasteiger partial charge in [-0.2, -0.15) is 9.37 Å². The van der Waals surface area contributed by atoms with E-state index in [0.717, 1.165) is 18.2 Å². The summed E-state index contributed by atoms with van der Waals surface area (Å²) >= 11 is 0. The highest BCUT2D eigenvalue weighted by atomic mass is 32.2. The van der Waals surface area contributed by atoms with Crippen LogP contribution in [0.3, 0.4) is 0 Å². The van der Waals surface area contributed by atoms with E-state index < -0.39 is 31.3 Å². The molecule has 0 radical (unpaired) electrons. The monoisotopic (exact) mass is 344 g/mol. The number of rotatable bonds is 6. The zero-order chi connectivity index (χ0) is 17.2. The minimum Gasteiger partial charge on any atom is -0.346 e. The van der Waals surface area contributed by atoms with Gasteiger partial charge in [-0.05, 0) is 12.1 Å². The molecule has 2 N–H and O–H groups in total. The number of hydrogen-bond donors (Lipinski definition) is 2. The van der Waals surface area contributed by atoms with Gasteiger partial charge >= 0.3 is 5.69 Å². The topological polar surface area (TPSA) is 134 Å². The van der Waals surface area contributed by atoms with Gasteiger partial charge in [-0.3, -0.25) is 15.2 Å². The summed E-state index contributed by atoms with van der Waals surface area (Å²) in [6, 6.07) is 2.85. The Kier molecular flexibility index (Phi) is 4.56. The minimum absolute atomic E-state index is 0.205. The van der Waals surface area contributed by atoms with Crippen molar-refractivity contribution in [3.05, 3.63) is 40.0 Å². The van der Waals surface area contributed by atoms with Gasteiger partial charge in [-0.15, -0.1) is 5.10 Å². The number of nitrogens with one attached hydrogen (secondary N) is 2. The van der Waals surface area contributed by atoms with Crippen LogP contribution in [-0.4, -0.2) is 42.6 Å². The van der Waals surface area contributed by atoms with E-state index in [9.17, 15) is 22.9 Å². The Hall–Kier alpha value is -2.60. The van der Waals surface area contributed by atoms with Gasteiger partial charge in [0.2, 0.25) is 21.8 Å². The Morgan fingerprint density at radius 2 is 2.13 bits per heavy atom. The molecule has 124 valence electrons. The third kappa shape index (κ3) is 3.60. The number of H-pyrrole nitrogens is 1. The van der Waals surface area contributed by atoms with Crippen LogP contribution in [0, 0.1) is 15.9 Å². The first-order chi connectivity index (χ1) is 10.7. The highest BCUT2D eigenvalue weighted by Crippen LogP contribution is 2.26. The Balaban J connectivity index is 2.25. The van der Waals surface area contributed by atoms with Crippen LogP contribution in [0.25, 0.3) is 0 Å². The van der Waals surface area contributed by atoms with Crippen molar-refractivity contribution in [2.45, 2.75) is 11.4 Å².